The van der Waals surface area contributed by atoms with Crippen LogP contribution in [0.3, 0.4) is 0 Å². The van der Waals surface area contributed by atoms with E-state index in [1.807, 2.05) is 78.2 Å². The molecule has 0 aliphatic rings. The third-order valence-corrected chi connectivity index (χ3v) is 6.63. The molecular weight excluding hydrogens is 516 g/mol. The van der Waals surface area contributed by atoms with Crippen LogP contribution in [0.1, 0.15) is 5.56 Å². The lowest BCUT2D eigenvalue weighted by molar-refractivity contribution is -0.113. The first kappa shape index (κ1) is 23.8. The average Bonchev–Trinajstić information content (AvgIpc) is 3.28. The van der Waals surface area contributed by atoms with E-state index in [2.05, 4.69) is 31.4 Å². The van der Waals surface area contributed by atoms with Crippen LogP contribution in [-0.2, 0) is 4.79 Å². The van der Waals surface area contributed by atoms with E-state index in [1.54, 1.807) is 14.2 Å². The highest BCUT2D eigenvalue weighted by molar-refractivity contribution is 9.10. The van der Waals surface area contributed by atoms with Crippen LogP contribution >= 0.6 is 27.7 Å². The molecule has 0 saturated heterocycles. The number of amides is 1. The van der Waals surface area contributed by atoms with Gasteiger partial charge in [-0.3, -0.25) is 9.36 Å². The van der Waals surface area contributed by atoms with Gasteiger partial charge < -0.3 is 14.8 Å². The second kappa shape index (κ2) is 10.8. The lowest BCUT2D eigenvalue weighted by Crippen LogP contribution is -2.15. The van der Waals surface area contributed by atoms with Gasteiger partial charge in [0.25, 0.3) is 0 Å². The molecule has 4 aromatic rings. The van der Waals surface area contributed by atoms with Crippen molar-refractivity contribution in [1.82, 2.24) is 14.8 Å². The number of benzene rings is 3. The van der Waals surface area contributed by atoms with Crippen molar-refractivity contribution in [3.8, 4) is 28.6 Å². The van der Waals surface area contributed by atoms with Gasteiger partial charge in [-0.15, -0.1) is 10.2 Å². The van der Waals surface area contributed by atoms with E-state index >= 15 is 0 Å². The van der Waals surface area contributed by atoms with Crippen molar-refractivity contribution in [2.45, 2.75) is 12.1 Å². The van der Waals surface area contributed by atoms with Gasteiger partial charge in [-0.2, -0.15) is 0 Å². The number of rotatable bonds is 8. The largest absolute Gasteiger partial charge is 0.497 e. The number of carbonyl (C=O) groups is 1. The molecule has 9 heteroatoms. The summed E-state index contributed by atoms with van der Waals surface area (Å²) < 4.78 is 13.3. The molecule has 0 aliphatic heterocycles. The van der Waals surface area contributed by atoms with Crippen molar-refractivity contribution in [3.05, 3.63) is 76.8 Å². The van der Waals surface area contributed by atoms with Gasteiger partial charge in [-0.25, -0.2) is 0 Å². The van der Waals surface area contributed by atoms with Gasteiger partial charge in [-0.1, -0.05) is 17.8 Å². The van der Waals surface area contributed by atoms with Crippen LogP contribution in [0.4, 0.5) is 5.69 Å². The summed E-state index contributed by atoms with van der Waals surface area (Å²) in [5.41, 5.74) is 3.58. The van der Waals surface area contributed by atoms with Crippen LogP contribution in [0.25, 0.3) is 17.1 Å². The Bertz CT molecular complexity index is 1290. The predicted molar refractivity (Wildman–Crippen MR) is 138 cm³/mol. The minimum atomic E-state index is -0.134. The lowest BCUT2D eigenvalue weighted by atomic mass is 10.2. The molecule has 3 aromatic carbocycles. The number of nitrogens with zero attached hydrogens (tertiary/aromatic N) is 3. The maximum absolute atomic E-state index is 12.7. The third kappa shape index (κ3) is 5.43. The molecule has 1 amide bonds. The van der Waals surface area contributed by atoms with Crippen LogP contribution in [-0.4, -0.2) is 40.6 Å². The molecule has 0 atom stereocenters. The second-order valence-electron chi connectivity index (χ2n) is 7.39. The van der Waals surface area contributed by atoms with Gasteiger partial charge >= 0.3 is 0 Å². The van der Waals surface area contributed by atoms with Crippen LogP contribution < -0.4 is 14.8 Å². The van der Waals surface area contributed by atoms with E-state index in [9.17, 15) is 4.79 Å². The fourth-order valence-electron chi connectivity index (χ4n) is 3.29. The van der Waals surface area contributed by atoms with Crippen molar-refractivity contribution >= 4 is 39.3 Å². The van der Waals surface area contributed by atoms with E-state index in [0.29, 0.717) is 11.0 Å². The van der Waals surface area contributed by atoms with Crippen LogP contribution in [0.5, 0.6) is 11.5 Å². The molecule has 34 heavy (non-hydrogen) atoms. The molecule has 0 radical (unpaired) electrons. The quantitative estimate of drug-likeness (QED) is 0.287. The van der Waals surface area contributed by atoms with Crippen LogP contribution in [0.15, 0.2) is 76.4 Å². The van der Waals surface area contributed by atoms with E-state index < -0.39 is 0 Å². The summed E-state index contributed by atoms with van der Waals surface area (Å²) >= 11 is 4.82. The highest BCUT2D eigenvalue weighted by Crippen LogP contribution is 2.30. The summed E-state index contributed by atoms with van der Waals surface area (Å²) in [5, 5.41) is 12.4. The zero-order valence-corrected chi connectivity index (χ0v) is 21.3. The van der Waals surface area contributed by atoms with Gasteiger partial charge in [0, 0.05) is 15.7 Å². The number of thioether (sulfide) groups is 1. The van der Waals surface area contributed by atoms with Gasteiger partial charge in [0.2, 0.25) is 5.91 Å². The number of ether oxygens (including phenoxy) is 2. The Morgan fingerprint density at radius 3 is 2.24 bits per heavy atom. The molecule has 0 aliphatic carbocycles. The number of aromatic nitrogens is 3. The lowest BCUT2D eigenvalue weighted by Gasteiger charge is -2.12. The highest BCUT2D eigenvalue weighted by atomic mass is 79.9. The second-order valence-corrected chi connectivity index (χ2v) is 9.19. The minimum absolute atomic E-state index is 0.134. The smallest absolute Gasteiger partial charge is 0.234 e. The summed E-state index contributed by atoms with van der Waals surface area (Å²) in [6.45, 7) is 2.00. The number of halogens is 1. The Morgan fingerprint density at radius 2 is 1.62 bits per heavy atom. The summed E-state index contributed by atoms with van der Waals surface area (Å²) in [4.78, 5) is 12.7. The Kier molecular flexibility index (Phi) is 7.54. The molecule has 0 bridgehead atoms. The fraction of sp³-hybridized carbons (Fsp3) is 0.160. The summed E-state index contributed by atoms with van der Waals surface area (Å²) in [5.74, 6) is 2.21. The number of methoxy groups -OCH3 is 2. The van der Waals surface area contributed by atoms with Crippen LogP contribution in [0, 0.1) is 6.92 Å². The Balaban J connectivity index is 1.60. The molecule has 0 spiro atoms. The summed E-state index contributed by atoms with van der Waals surface area (Å²) in [6, 6.07) is 21.0. The zero-order chi connectivity index (χ0) is 24.1. The maximum Gasteiger partial charge on any atom is 0.234 e. The molecular formula is C25H23BrN4O3S. The van der Waals surface area contributed by atoms with E-state index in [0.717, 1.165) is 38.5 Å². The van der Waals surface area contributed by atoms with Gasteiger partial charge in [0.1, 0.15) is 11.5 Å². The molecule has 1 N–H and O–H groups in total. The monoisotopic (exact) mass is 538 g/mol. The van der Waals surface area contributed by atoms with E-state index in [-0.39, 0.29) is 11.7 Å². The Morgan fingerprint density at radius 1 is 0.971 bits per heavy atom. The van der Waals surface area contributed by atoms with E-state index in [4.69, 9.17) is 9.47 Å². The van der Waals surface area contributed by atoms with Crippen molar-refractivity contribution in [2.24, 2.45) is 0 Å². The predicted octanol–water partition coefficient (Wildman–Crippen LogP) is 5.75. The highest BCUT2D eigenvalue weighted by Gasteiger charge is 2.18. The summed E-state index contributed by atoms with van der Waals surface area (Å²) in [6.07, 6.45) is 0. The number of hydrogen-bond donors (Lipinski definition) is 1. The number of anilines is 1. The molecule has 7 nitrogen and oxygen atoms in total. The van der Waals surface area contributed by atoms with Crippen molar-refractivity contribution in [1.29, 1.82) is 0 Å². The first-order chi connectivity index (χ1) is 16.5. The summed E-state index contributed by atoms with van der Waals surface area (Å²) in [7, 11) is 3.26. The molecule has 0 saturated carbocycles. The van der Waals surface area contributed by atoms with Crippen molar-refractivity contribution in [2.75, 3.05) is 25.3 Å². The Hall–Kier alpha value is -3.30. The average molecular weight is 539 g/mol. The first-order valence-electron chi connectivity index (χ1n) is 10.4. The molecule has 1 heterocycles. The normalized spacial score (nSPS) is 10.7. The molecule has 4 rings (SSSR count). The zero-order valence-electron chi connectivity index (χ0n) is 18.9. The standard InChI is InChI=1S/C25H23BrN4O3S/c1-16-4-13-22(21(26)14-16)27-23(31)15-34-25-29-28-24(17-5-9-19(32-2)10-6-17)30(25)18-7-11-20(33-3)12-8-18/h4-14H,15H2,1-3H3,(H,27,31). The molecule has 0 unspecified atom stereocenters. The van der Waals surface area contributed by atoms with E-state index in [1.165, 1.54) is 11.8 Å². The number of hydrogen-bond acceptors (Lipinski definition) is 6. The van der Waals surface area contributed by atoms with Gasteiger partial charge in [-0.05, 0) is 89.1 Å². The third-order valence-electron chi connectivity index (χ3n) is 5.04. The van der Waals surface area contributed by atoms with Crippen LogP contribution in [0.2, 0.25) is 0 Å². The number of nitrogens with one attached hydrogen (secondary N) is 1. The minimum Gasteiger partial charge on any atom is -0.497 e. The first-order valence-corrected chi connectivity index (χ1v) is 12.2. The van der Waals surface area contributed by atoms with Gasteiger partial charge in [0.05, 0.1) is 25.7 Å². The maximum atomic E-state index is 12.7. The fourth-order valence-corrected chi connectivity index (χ4v) is 4.64. The number of aryl methyl sites for hydroxylation is 1. The molecule has 1 aromatic heterocycles. The Labute approximate surface area is 210 Å². The van der Waals surface area contributed by atoms with Crippen molar-refractivity contribution < 1.29 is 14.3 Å². The SMILES string of the molecule is COc1ccc(-c2nnc(SCC(=O)Nc3ccc(C)cc3Br)n2-c2ccc(OC)cc2)cc1. The van der Waals surface area contributed by atoms with Gasteiger partial charge in [0.15, 0.2) is 11.0 Å². The molecule has 174 valence electrons. The van der Waals surface area contributed by atoms with Crippen molar-refractivity contribution in [3.63, 3.8) is 0 Å². The number of carbonyl (C=O) groups excluding carboxylic acids is 1. The molecule has 0 fully saturated rings. The topological polar surface area (TPSA) is 78.3 Å².